The van der Waals surface area contributed by atoms with Gasteiger partial charge in [-0.15, -0.1) is 0 Å². The van der Waals surface area contributed by atoms with E-state index in [4.69, 9.17) is 23.2 Å². The number of aliphatic carboxylic acids is 1. The molecule has 2 amide bonds. The number of carboxylic acid groups (broad SMARTS) is 1. The molecule has 2 aromatic rings. The number of hydrogen-bond donors (Lipinski definition) is 2. The average Bonchev–Trinajstić information content (AvgIpc) is 2.94. The molecule has 2 aromatic carbocycles. The van der Waals surface area contributed by atoms with Gasteiger partial charge in [0.25, 0.3) is 5.91 Å². The molecule has 0 saturated carbocycles. The van der Waals surface area contributed by atoms with Crippen LogP contribution in [0.1, 0.15) is 15.9 Å². The highest BCUT2D eigenvalue weighted by Gasteiger charge is 2.45. The molecule has 8 heteroatoms. The first-order valence-electron chi connectivity index (χ1n) is 8.18. The van der Waals surface area contributed by atoms with E-state index in [0.29, 0.717) is 5.02 Å². The predicted molar refractivity (Wildman–Crippen MR) is 101 cm³/mol. The van der Waals surface area contributed by atoms with Gasteiger partial charge in [0.05, 0.1) is 10.0 Å². The monoisotopic (exact) mass is 406 g/mol. The van der Waals surface area contributed by atoms with Gasteiger partial charge in [0.15, 0.2) is 0 Å². The maximum atomic E-state index is 12.7. The van der Waals surface area contributed by atoms with E-state index in [1.807, 2.05) is 30.3 Å². The summed E-state index contributed by atoms with van der Waals surface area (Å²) in [6.45, 7) is 0.304. The lowest BCUT2D eigenvalue weighted by Gasteiger charge is -2.17. The van der Waals surface area contributed by atoms with E-state index in [1.165, 1.54) is 23.1 Å². The van der Waals surface area contributed by atoms with Crippen LogP contribution in [0.25, 0.3) is 0 Å². The van der Waals surface area contributed by atoms with Crippen LogP contribution in [0.3, 0.4) is 0 Å². The molecule has 1 heterocycles. The largest absolute Gasteiger partial charge is 0.481 e. The Labute approximate surface area is 165 Å². The van der Waals surface area contributed by atoms with Gasteiger partial charge in [-0.25, -0.2) is 0 Å². The summed E-state index contributed by atoms with van der Waals surface area (Å²) in [5, 5.41) is 12.5. The van der Waals surface area contributed by atoms with Crippen molar-refractivity contribution in [2.45, 2.75) is 12.6 Å². The number of benzene rings is 2. The van der Waals surface area contributed by atoms with Gasteiger partial charge in [-0.3, -0.25) is 14.4 Å². The Morgan fingerprint density at radius 2 is 1.81 bits per heavy atom. The molecule has 1 aliphatic rings. The molecule has 0 unspecified atom stereocenters. The summed E-state index contributed by atoms with van der Waals surface area (Å²) < 4.78 is 0. The number of carbonyl (C=O) groups is 3. The molecular formula is C19H16Cl2N2O4. The molecule has 1 saturated heterocycles. The van der Waals surface area contributed by atoms with Gasteiger partial charge in [-0.1, -0.05) is 53.5 Å². The Hall–Kier alpha value is -2.57. The van der Waals surface area contributed by atoms with E-state index in [0.717, 1.165) is 5.56 Å². The molecule has 27 heavy (non-hydrogen) atoms. The Bertz CT molecular complexity index is 889. The SMILES string of the molecule is O=C(N[C@H]1C(=O)N(Cc2ccccc2)C[C@H]1C(=O)O)c1ccc(Cl)c(Cl)c1. The number of nitrogens with zero attached hydrogens (tertiary/aromatic N) is 1. The molecule has 6 nitrogen and oxygen atoms in total. The Morgan fingerprint density at radius 3 is 2.44 bits per heavy atom. The maximum Gasteiger partial charge on any atom is 0.310 e. The van der Waals surface area contributed by atoms with Crippen LogP contribution in [0.15, 0.2) is 48.5 Å². The Balaban J connectivity index is 1.77. The minimum Gasteiger partial charge on any atom is -0.481 e. The number of nitrogens with one attached hydrogen (secondary N) is 1. The first kappa shape index (κ1) is 19.2. The van der Waals surface area contributed by atoms with E-state index in [1.54, 1.807) is 0 Å². The van der Waals surface area contributed by atoms with Crippen molar-refractivity contribution < 1.29 is 19.5 Å². The molecule has 2 N–H and O–H groups in total. The summed E-state index contributed by atoms with van der Waals surface area (Å²) in [4.78, 5) is 38.2. The molecular weight excluding hydrogens is 391 g/mol. The fourth-order valence-corrected chi connectivity index (χ4v) is 3.29. The molecule has 0 spiro atoms. The molecule has 140 valence electrons. The van der Waals surface area contributed by atoms with Crippen LogP contribution in [0.4, 0.5) is 0 Å². The molecule has 0 radical (unpaired) electrons. The maximum absolute atomic E-state index is 12.7. The van der Waals surface area contributed by atoms with Crippen molar-refractivity contribution in [1.29, 1.82) is 0 Å². The number of halogens is 2. The van der Waals surface area contributed by atoms with Crippen LogP contribution in [0.2, 0.25) is 10.0 Å². The summed E-state index contributed by atoms with van der Waals surface area (Å²) in [5.41, 5.74) is 1.08. The highest BCUT2D eigenvalue weighted by Crippen LogP contribution is 2.24. The minimum absolute atomic E-state index is 0.0232. The molecule has 0 bridgehead atoms. The minimum atomic E-state index is -1.15. The zero-order chi connectivity index (χ0) is 19.6. The van der Waals surface area contributed by atoms with Crippen molar-refractivity contribution >= 4 is 41.0 Å². The van der Waals surface area contributed by atoms with Gasteiger partial charge in [-0.2, -0.15) is 0 Å². The number of carbonyl (C=O) groups excluding carboxylic acids is 2. The summed E-state index contributed by atoms with van der Waals surface area (Å²) in [7, 11) is 0. The first-order chi connectivity index (χ1) is 12.9. The van der Waals surface area contributed by atoms with Crippen molar-refractivity contribution in [3.05, 3.63) is 69.7 Å². The first-order valence-corrected chi connectivity index (χ1v) is 8.94. The zero-order valence-electron chi connectivity index (χ0n) is 14.1. The summed E-state index contributed by atoms with van der Waals surface area (Å²) in [5.74, 6) is -3.19. The standard InChI is InChI=1S/C19H16Cl2N2O4/c20-14-7-6-12(8-15(14)21)17(24)22-16-13(19(26)27)10-23(18(16)25)9-11-4-2-1-3-5-11/h1-8,13,16H,9-10H2,(H,22,24)(H,26,27)/t13-,16-/m1/s1. The van der Waals surface area contributed by atoms with Gasteiger partial charge in [0.1, 0.15) is 12.0 Å². The second-order valence-electron chi connectivity index (χ2n) is 6.23. The van der Waals surface area contributed by atoms with E-state index >= 15 is 0 Å². The van der Waals surface area contributed by atoms with Crippen LogP contribution in [0, 0.1) is 5.92 Å². The third-order valence-electron chi connectivity index (χ3n) is 4.40. The van der Waals surface area contributed by atoms with Gasteiger partial charge < -0.3 is 15.3 Å². The normalized spacial score (nSPS) is 19.2. The van der Waals surface area contributed by atoms with E-state index in [-0.39, 0.29) is 23.7 Å². The van der Waals surface area contributed by atoms with Crippen LogP contribution in [0.5, 0.6) is 0 Å². The van der Waals surface area contributed by atoms with Crippen LogP contribution >= 0.6 is 23.2 Å². The second-order valence-corrected chi connectivity index (χ2v) is 7.04. The molecule has 2 atom stereocenters. The number of likely N-dealkylation sites (tertiary alicyclic amines) is 1. The third-order valence-corrected chi connectivity index (χ3v) is 5.14. The Morgan fingerprint density at radius 1 is 1.11 bits per heavy atom. The zero-order valence-corrected chi connectivity index (χ0v) is 15.6. The molecule has 1 fully saturated rings. The number of amides is 2. The van der Waals surface area contributed by atoms with Crippen molar-refractivity contribution in [1.82, 2.24) is 10.2 Å². The van der Waals surface area contributed by atoms with E-state index in [9.17, 15) is 19.5 Å². The predicted octanol–water partition coefficient (Wildman–Crippen LogP) is 2.83. The van der Waals surface area contributed by atoms with Crippen LogP contribution in [-0.4, -0.2) is 40.4 Å². The smallest absolute Gasteiger partial charge is 0.310 e. The van der Waals surface area contributed by atoms with Gasteiger partial charge in [0.2, 0.25) is 5.91 Å². The van der Waals surface area contributed by atoms with Gasteiger partial charge in [-0.05, 0) is 23.8 Å². The quantitative estimate of drug-likeness (QED) is 0.798. The fourth-order valence-electron chi connectivity index (χ4n) is 2.99. The van der Waals surface area contributed by atoms with Crippen molar-refractivity contribution in [3.63, 3.8) is 0 Å². The molecule has 0 aliphatic carbocycles. The number of carboxylic acids is 1. The molecule has 3 rings (SSSR count). The van der Waals surface area contributed by atoms with E-state index in [2.05, 4.69) is 5.32 Å². The second kappa shape index (κ2) is 7.98. The van der Waals surface area contributed by atoms with Gasteiger partial charge >= 0.3 is 5.97 Å². The average molecular weight is 407 g/mol. The van der Waals surface area contributed by atoms with Crippen LogP contribution < -0.4 is 5.32 Å². The lowest BCUT2D eigenvalue weighted by Crippen LogP contribution is -2.45. The summed E-state index contributed by atoms with van der Waals surface area (Å²) >= 11 is 11.8. The third kappa shape index (κ3) is 4.23. The topological polar surface area (TPSA) is 86.7 Å². The lowest BCUT2D eigenvalue weighted by atomic mass is 10.0. The highest BCUT2D eigenvalue weighted by molar-refractivity contribution is 6.42. The highest BCUT2D eigenvalue weighted by atomic mass is 35.5. The fraction of sp³-hybridized carbons (Fsp3) is 0.211. The van der Waals surface area contributed by atoms with Crippen molar-refractivity contribution in [3.8, 4) is 0 Å². The molecule has 0 aromatic heterocycles. The molecule has 1 aliphatic heterocycles. The van der Waals surface area contributed by atoms with Gasteiger partial charge in [0, 0.05) is 18.7 Å². The lowest BCUT2D eigenvalue weighted by molar-refractivity contribution is -0.142. The Kier molecular flexibility index (Phi) is 5.68. The van der Waals surface area contributed by atoms with Crippen LogP contribution in [-0.2, 0) is 16.1 Å². The number of hydrogen-bond acceptors (Lipinski definition) is 3. The van der Waals surface area contributed by atoms with E-state index < -0.39 is 29.7 Å². The van der Waals surface area contributed by atoms with Crippen molar-refractivity contribution in [2.75, 3.05) is 6.54 Å². The number of rotatable bonds is 5. The summed E-state index contributed by atoms with van der Waals surface area (Å²) in [6, 6.07) is 12.4. The van der Waals surface area contributed by atoms with Crippen molar-refractivity contribution in [2.24, 2.45) is 5.92 Å². The summed E-state index contributed by atoms with van der Waals surface area (Å²) in [6.07, 6.45) is 0.